The average Bonchev–Trinajstić information content (AvgIpc) is 2.89. The zero-order chi connectivity index (χ0) is 43.4. The summed E-state index contributed by atoms with van der Waals surface area (Å²) in [7, 11) is 0. The number of halogens is 31. The average molecular weight is 854 g/mol. The van der Waals surface area contributed by atoms with E-state index in [1.807, 2.05) is 11.3 Å². The van der Waals surface area contributed by atoms with E-state index in [0.717, 1.165) is 0 Å². The van der Waals surface area contributed by atoms with Gasteiger partial charge in [0, 0.05) is 5.57 Å². The summed E-state index contributed by atoms with van der Waals surface area (Å²) < 4.78 is 421. The maximum Gasteiger partial charge on any atom is 0.460 e. The second-order valence-corrected chi connectivity index (χ2v) is 9.66. The summed E-state index contributed by atoms with van der Waals surface area (Å²) in [4.78, 5) is 11.3. The molecule has 0 aromatic heterocycles. The van der Waals surface area contributed by atoms with Gasteiger partial charge in [0.05, 0.1) is 0 Å². The maximum atomic E-state index is 14.9. The molecule has 0 rings (SSSR count). The molecule has 0 spiro atoms. The summed E-state index contributed by atoms with van der Waals surface area (Å²) in [5, 5.41) is 0. The van der Waals surface area contributed by atoms with E-state index in [9.17, 15) is 141 Å². The summed E-state index contributed by atoms with van der Waals surface area (Å²) in [6, 6.07) is 0. The highest BCUT2D eigenvalue weighted by atomic mass is 19.4. The van der Waals surface area contributed by atoms with E-state index < -0.39 is 101 Å². The number of hydrogen-bond acceptors (Lipinski definition) is 2. The lowest BCUT2D eigenvalue weighted by molar-refractivity contribution is -0.498. The number of hydrogen-bond donors (Lipinski definition) is 0. The van der Waals surface area contributed by atoms with Crippen LogP contribution in [0, 0.1) is 0 Å². The Morgan fingerprint density at radius 1 is 0.346 bits per heavy atom. The first-order chi connectivity index (χ1) is 21.8. The lowest BCUT2D eigenvalue weighted by atomic mass is 9.81. The number of alkyl halides is 31. The molecule has 0 aliphatic rings. The zero-order valence-electron chi connectivity index (χ0n) is 22.7. The number of carbonyl (C=O) groups is 1. The molecule has 0 bridgehead atoms. The Morgan fingerprint density at radius 3 is 0.769 bits per heavy atom. The Balaban J connectivity index is 8.26. The highest BCUT2D eigenvalue weighted by molar-refractivity contribution is 5.87. The lowest BCUT2D eigenvalue weighted by Crippen LogP contribution is -2.81. The molecule has 0 aromatic rings. The Kier molecular flexibility index (Phi) is 11.3. The summed E-state index contributed by atoms with van der Waals surface area (Å²) >= 11 is 0. The van der Waals surface area contributed by atoms with Crippen molar-refractivity contribution in [3.8, 4) is 0 Å². The van der Waals surface area contributed by atoms with Crippen LogP contribution in [0.4, 0.5) is 136 Å². The van der Waals surface area contributed by atoms with E-state index in [1.54, 1.807) is 0 Å². The molecule has 0 saturated heterocycles. The fourth-order valence-electron chi connectivity index (χ4n) is 3.04. The van der Waals surface area contributed by atoms with Crippen molar-refractivity contribution in [2.24, 2.45) is 0 Å². The van der Waals surface area contributed by atoms with Crippen LogP contribution in [0.25, 0.3) is 0 Å². The maximum absolute atomic E-state index is 14.9. The minimum absolute atomic E-state index is 0.294. The minimum Gasteiger partial charge on any atom is -0.413 e. The molecule has 0 aliphatic heterocycles. The van der Waals surface area contributed by atoms with Gasteiger partial charge in [0.15, 0.2) is 0 Å². The van der Waals surface area contributed by atoms with Gasteiger partial charge < -0.3 is 4.74 Å². The van der Waals surface area contributed by atoms with Gasteiger partial charge in [0.1, 0.15) is 0 Å². The molecule has 0 heterocycles. The molecule has 33 heteroatoms. The predicted molar refractivity (Wildman–Crippen MR) is 96.2 cm³/mol. The molecule has 52 heavy (non-hydrogen) atoms. The van der Waals surface area contributed by atoms with Crippen LogP contribution < -0.4 is 0 Å². The van der Waals surface area contributed by atoms with Crippen molar-refractivity contribution < 1.29 is 146 Å². The van der Waals surface area contributed by atoms with E-state index in [2.05, 4.69) is 0 Å². The molecule has 1 unspecified atom stereocenters. The number of esters is 1. The van der Waals surface area contributed by atoms with Crippen molar-refractivity contribution in [1.82, 2.24) is 0 Å². The van der Waals surface area contributed by atoms with Crippen LogP contribution in [-0.2, 0) is 9.53 Å². The van der Waals surface area contributed by atoms with Gasteiger partial charge in [-0.3, -0.25) is 0 Å². The molecular weight excluding hydrogens is 849 g/mol. The third kappa shape index (κ3) is 5.72. The smallest absolute Gasteiger partial charge is 0.413 e. The van der Waals surface area contributed by atoms with E-state index in [1.165, 1.54) is 0 Å². The highest BCUT2D eigenvalue weighted by Crippen LogP contribution is 2.70. The first-order valence-electron chi connectivity index (χ1n) is 11.1. The molecule has 2 nitrogen and oxygen atoms in total. The summed E-state index contributed by atoms with van der Waals surface area (Å²) in [5.41, 5.74) is -11.6. The van der Waals surface area contributed by atoms with Crippen LogP contribution >= 0.6 is 0 Å². The standard InChI is InChI=1S/C19H5F31O2/c1-3(2)4(51)52-16(41,14(37,38)12(33,34)15(39,40)19(48,49)50)13(35,36)11(31,32)10(29,30)9(27,28)8(25,26)7(23,24)6(21,22)5(20,17(42,43)44)18(45,46)47/h1H2,2H3. The lowest BCUT2D eigenvalue weighted by Gasteiger charge is -2.48. The first kappa shape index (κ1) is 49.0. The van der Waals surface area contributed by atoms with E-state index in [-0.39, 0.29) is 6.92 Å². The zero-order valence-corrected chi connectivity index (χ0v) is 22.7. The van der Waals surface area contributed by atoms with Crippen LogP contribution in [0.2, 0.25) is 0 Å². The molecule has 0 N–H and O–H groups in total. The van der Waals surface area contributed by atoms with Gasteiger partial charge >= 0.3 is 95.2 Å². The van der Waals surface area contributed by atoms with E-state index >= 15 is 0 Å². The molecule has 310 valence electrons. The second-order valence-electron chi connectivity index (χ2n) is 9.66. The Morgan fingerprint density at radius 2 is 0.558 bits per heavy atom. The van der Waals surface area contributed by atoms with Crippen molar-refractivity contribution in [3.63, 3.8) is 0 Å². The van der Waals surface area contributed by atoms with Crippen molar-refractivity contribution in [2.75, 3.05) is 0 Å². The molecule has 0 fully saturated rings. The Hall–Kier alpha value is -2.96. The highest BCUT2D eigenvalue weighted by Gasteiger charge is 3.02. The Labute approximate surface area is 261 Å². The van der Waals surface area contributed by atoms with Crippen LogP contribution in [0.15, 0.2) is 12.2 Å². The predicted octanol–water partition coefficient (Wildman–Crippen LogP) is 10.5. The quantitative estimate of drug-likeness (QED) is 0.105. The van der Waals surface area contributed by atoms with Crippen LogP contribution in [0.1, 0.15) is 6.92 Å². The first-order valence-corrected chi connectivity index (χ1v) is 11.1. The molecule has 0 saturated carbocycles. The fraction of sp³-hybridized carbons (Fsp3) is 0.842. The summed E-state index contributed by atoms with van der Waals surface area (Å²) in [5.74, 6) is -111. The van der Waals surface area contributed by atoms with Crippen molar-refractivity contribution in [2.45, 2.75) is 96.2 Å². The SMILES string of the molecule is C=C(C)C(=O)OC(F)(C(F)(F)C(F)(F)C(F)(F)C(F)(F)F)C(F)(F)C(F)(F)C(F)(F)C(F)(F)C(F)(F)C(F)(F)C(F)(F)C(F)(C(F)(F)F)C(F)(F)F. The van der Waals surface area contributed by atoms with Gasteiger partial charge in [-0.25, -0.2) is 9.18 Å². The van der Waals surface area contributed by atoms with Crippen LogP contribution in [0.5, 0.6) is 0 Å². The van der Waals surface area contributed by atoms with Crippen molar-refractivity contribution in [1.29, 1.82) is 0 Å². The minimum atomic E-state index is -10.1. The number of rotatable bonds is 13. The van der Waals surface area contributed by atoms with Gasteiger partial charge in [-0.1, -0.05) is 6.58 Å². The van der Waals surface area contributed by atoms with Crippen molar-refractivity contribution >= 4 is 5.97 Å². The van der Waals surface area contributed by atoms with E-state index in [0.29, 0.717) is 0 Å². The largest absolute Gasteiger partial charge is 0.460 e. The number of ether oxygens (including phenoxy) is 1. The van der Waals surface area contributed by atoms with Crippen LogP contribution in [-0.4, -0.2) is 95.2 Å². The third-order valence-corrected chi connectivity index (χ3v) is 6.11. The molecule has 0 aromatic carbocycles. The van der Waals surface area contributed by atoms with Gasteiger partial charge in [-0.2, -0.15) is 132 Å². The van der Waals surface area contributed by atoms with Gasteiger partial charge in [0.25, 0.3) is 0 Å². The van der Waals surface area contributed by atoms with Gasteiger partial charge in [0.2, 0.25) is 0 Å². The normalized spacial score (nSPS) is 17.5. The number of carbonyl (C=O) groups excluding carboxylic acids is 1. The summed E-state index contributed by atoms with van der Waals surface area (Å²) in [6.45, 7) is 1.70. The summed E-state index contributed by atoms with van der Waals surface area (Å²) in [6.07, 6.45) is -26.0. The fourth-order valence-corrected chi connectivity index (χ4v) is 3.04. The van der Waals surface area contributed by atoms with Gasteiger partial charge in [-0.05, 0) is 6.92 Å². The monoisotopic (exact) mass is 854 g/mol. The molecule has 0 radical (unpaired) electrons. The van der Waals surface area contributed by atoms with Crippen LogP contribution in [0.3, 0.4) is 0 Å². The topological polar surface area (TPSA) is 26.3 Å². The molecule has 0 aliphatic carbocycles. The molecular formula is C19H5F31O2. The Bertz CT molecular complexity index is 1350. The molecule has 0 amide bonds. The second kappa shape index (κ2) is 12.0. The van der Waals surface area contributed by atoms with E-state index in [4.69, 9.17) is 0 Å². The van der Waals surface area contributed by atoms with Gasteiger partial charge in [-0.15, -0.1) is 0 Å². The third-order valence-electron chi connectivity index (χ3n) is 6.11. The molecule has 1 atom stereocenters. The van der Waals surface area contributed by atoms with Crippen molar-refractivity contribution in [3.05, 3.63) is 12.2 Å².